The van der Waals surface area contributed by atoms with Crippen LogP contribution >= 0.6 is 0 Å². The van der Waals surface area contributed by atoms with Gasteiger partial charge in [-0.15, -0.1) is 0 Å². The van der Waals surface area contributed by atoms with Crippen molar-refractivity contribution in [3.8, 4) is 0 Å². The van der Waals surface area contributed by atoms with Gasteiger partial charge in [0.15, 0.2) is 9.84 Å². The van der Waals surface area contributed by atoms with Crippen LogP contribution in [0.4, 0.5) is 0 Å². The van der Waals surface area contributed by atoms with Gasteiger partial charge in [0.25, 0.3) is 0 Å². The summed E-state index contributed by atoms with van der Waals surface area (Å²) in [5, 5.41) is -0.764. The first kappa shape index (κ1) is 16.4. The molecule has 1 fully saturated rings. The van der Waals surface area contributed by atoms with Crippen LogP contribution in [0.1, 0.15) is 31.2 Å². The summed E-state index contributed by atoms with van der Waals surface area (Å²) in [6, 6.07) is 6.64. The van der Waals surface area contributed by atoms with Crippen molar-refractivity contribution in [2.24, 2.45) is 0 Å². The highest BCUT2D eigenvalue weighted by Gasteiger charge is 2.39. The van der Waals surface area contributed by atoms with Gasteiger partial charge in [-0.1, -0.05) is 24.1 Å². The number of aryl methyl sites for hydroxylation is 1. The average Bonchev–Trinajstić information content (AvgIpc) is 2.48. The van der Waals surface area contributed by atoms with Crippen LogP contribution in [0.15, 0.2) is 29.2 Å². The molecule has 0 bridgehead atoms. The lowest BCUT2D eigenvalue weighted by Crippen LogP contribution is -2.40. The lowest BCUT2D eigenvalue weighted by Gasteiger charge is -2.30. The van der Waals surface area contributed by atoms with Gasteiger partial charge in [0, 0.05) is 0 Å². The van der Waals surface area contributed by atoms with Gasteiger partial charge >= 0.3 is 12.2 Å². The van der Waals surface area contributed by atoms with Gasteiger partial charge in [0.2, 0.25) is 0 Å². The molecule has 0 spiro atoms. The lowest BCUT2D eigenvalue weighted by atomic mass is 9.97. The minimum Gasteiger partial charge on any atom is -0.453 e. The number of carbonyl (C=O) groups is 1. The van der Waals surface area contributed by atoms with E-state index in [9.17, 15) is 13.2 Å². The molecule has 118 valence electrons. The number of esters is 1. The molecule has 2 rings (SSSR count). The predicted octanol–water partition coefficient (Wildman–Crippen LogP) is 1.92. The van der Waals surface area contributed by atoms with Crippen LogP contribution in [-0.4, -0.2) is 36.7 Å². The molecular weight excluding hydrogens is 304 g/mol. The van der Waals surface area contributed by atoms with Crippen molar-refractivity contribution in [3.63, 3.8) is 0 Å². The van der Waals surface area contributed by atoms with Gasteiger partial charge in [-0.2, -0.15) is 4.79 Å². The van der Waals surface area contributed by atoms with E-state index < -0.39 is 27.2 Å². The summed E-state index contributed by atoms with van der Waals surface area (Å²) in [5.41, 5.74) is 9.32. The molecule has 0 N–H and O–H groups in total. The van der Waals surface area contributed by atoms with Gasteiger partial charge in [-0.25, -0.2) is 13.2 Å². The highest BCUT2D eigenvalue weighted by molar-refractivity contribution is 7.92. The third-order valence-corrected chi connectivity index (χ3v) is 6.09. The van der Waals surface area contributed by atoms with Crippen molar-refractivity contribution < 1.29 is 22.7 Å². The molecule has 2 unspecified atom stereocenters. The zero-order chi connectivity index (χ0) is 16.2. The second-order valence-electron chi connectivity index (χ2n) is 5.40. The Labute approximate surface area is 129 Å². The largest absolute Gasteiger partial charge is 0.453 e. The molecule has 0 radical (unpaired) electrons. The van der Waals surface area contributed by atoms with Crippen LogP contribution in [-0.2, 0) is 19.4 Å². The number of ether oxygens (including phenoxy) is 1. The molecular formula is C15H18N2O4S. The van der Waals surface area contributed by atoms with Crippen molar-refractivity contribution in [2.75, 3.05) is 0 Å². The summed E-state index contributed by atoms with van der Waals surface area (Å²) < 4.78 is 30.7. The Bertz CT molecular complexity index is 691. The number of carbonyl (C=O) groups excluding carboxylic acids is 1. The quantitative estimate of drug-likeness (QED) is 0.366. The third-order valence-electron chi connectivity index (χ3n) is 3.82. The number of hydrogen-bond acceptors (Lipinski definition) is 4. The maximum atomic E-state index is 12.8. The molecule has 0 amide bonds. The van der Waals surface area contributed by atoms with Gasteiger partial charge < -0.3 is 10.3 Å². The molecule has 1 aliphatic carbocycles. The van der Waals surface area contributed by atoms with Crippen molar-refractivity contribution >= 4 is 22.0 Å². The van der Waals surface area contributed by atoms with Crippen molar-refractivity contribution in [2.45, 2.75) is 48.9 Å². The summed E-state index contributed by atoms with van der Waals surface area (Å²) in [5.74, 6) is -0.835. The first-order valence-corrected chi connectivity index (χ1v) is 8.68. The summed E-state index contributed by atoms with van der Waals surface area (Å²) in [4.78, 5) is 14.3. The standard InChI is InChI=1S/C15H18N2O4S/c1-11-6-8-12(9-7-11)22(19,20)14-5-3-2-4-13(14)21-15(18)10-17-16/h6-10,13-14H,2-5H2,1H3. The first-order valence-electron chi connectivity index (χ1n) is 7.14. The number of nitrogens with zero attached hydrogens (tertiary/aromatic N) is 2. The topological polar surface area (TPSA) is 96.8 Å². The lowest BCUT2D eigenvalue weighted by molar-refractivity contribution is -0.145. The van der Waals surface area contributed by atoms with Crippen LogP contribution in [0.2, 0.25) is 0 Å². The molecule has 1 saturated carbocycles. The number of benzene rings is 1. The predicted molar refractivity (Wildman–Crippen MR) is 80.2 cm³/mol. The van der Waals surface area contributed by atoms with E-state index in [1.54, 1.807) is 24.3 Å². The monoisotopic (exact) mass is 322 g/mol. The van der Waals surface area contributed by atoms with E-state index in [4.69, 9.17) is 10.3 Å². The Morgan fingerprint density at radius 2 is 1.91 bits per heavy atom. The van der Waals surface area contributed by atoms with E-state index in [2.05, 4.69) is 4.79 Å². The molecule has 1 aromatic rings. The molecule has 22 heavy (non-hydrogen) atoms. The molecule has 7 heteroatoms. The maximum Gasteiger partial charge on any atom is 0.413 e. The van der Waals surface area contributed by atoms with Crippen molar-refractivity contribution in [3.05, 3.63) is 35.4 Å². The molecule has 2 atom stereocenters. The van der Waals surface area contributed by atoms with E-state index in [0.717, 1.165) is 18.4 Å². The molecule has 0 aliphatic heterocycles. The van der Waals surface area contributed by atoms with Crippen LogP contribution in [0.25, 0.3) is 5.53 Å². The summed E-state index contributed by atoms with van der Waals surface area (Å²) >= 11 is 0. The molecule has 0 aromatic heterocycles. The molecule has 6 nitrogen and oxygen atoms in total. The van der Waals surface area contributed by atoms with E-state index in [-0.39, 0.29) is 4.90 Å². The Hall–Kier alpha value is -1.98. The Kier molecular flexibility index (Phi) is 5.11. The first-order chi connectivity index (χ1) is 10.4. The zero-order valence-electron chi connectivity index (χ0n) is 12.3. The second kappa shape index (κ2) is 6.85. The van der Waals surface area contributed by atoms with Gasteiger partial charge in [0.1, 0.15) is 11.4 Å². The van der Waals surface area contributed by atoms with E-state index in [1.165, 1.54) is 0 Å². The molecule has 0 heterocycles. The highest BCUT2D eigenvalue weighted by Crippen LogP contribution is 2.31. The van der Waals surface area contributed by atoms with Crippen LogP contribution in [0, 0.1) is 6.92 Å². The summed E-state index contributed by atoms with van der Waals surface area (Å²) in [7, 11) is -3.57. The van der Waals surface area contributed by atoms with Gasteiger partial charge in [-0.3, -0.25) is 0 Å². The number of hydrogen-bond donors (Lipinski definition) is 0. The smallest absolute Gasteiger partial charge is 0.413 e. The average molecular weight is 322 g/mol. The fourth-order valence-corrected chi connectivity index (χ4v) is 4.62. The SMILES string of the molecule is Cc1ccc(S(=O)(=O)C2CCCCC2OC(=O)C=[N+]=[N-])cc1. The van der Waals surface area contributed by atoms with Crippen LogP contribution < -0.4 is 0 Å². The number of rotatable bonds is 4. The third kappa shape index (κ3) is 3.61. The van der Waals surface area contributed by atoms with Crippen molar-refractivity contribution in [1.82, 2.24) is 0 Å². The van der Waals surface area contributed by atoms with Gasteiger partial charge in [-0.05, 0) is 38.3 Å². The minimum atomic E-state index is -3.57. The summed E-state index contributed by atoms with van der Waals surface area (Å²) in [6.07, 6.45) is 2.42. The van der Waals surface area contributed by atoms with E-state index in [1.807, 2.05) is 6.92 Å². The minimum absolute atomic E-state index is 0.238. The Morgan fingerprint density at radius 3 is 2.55 bits per heavy atom. The number of sulfone groups is 1. The van der Waals surface area contributed by atoms with E-state index in [0.29, 0.717) is 19.1 Å². The van der Waals surface area contributed by atoms with E-state index >= 15 is 0 Å². The fraction of sp³-hybridized carbons (Fsp3) is 0.467. The fourth-order valence-electron chi connectivity index (χ4n) is 2.68. The van der Waals surface area contributed by atoms with Gasteiger partial charge in [0.05, 0.1) is 4.90 Å². The molecule has 0 saturated heterocycles. The maximum absolute atomic E-state index is 12.8. The second-order valence-corrected chi connectivity index (χ2v) is 7.57. The summed E-state index contributed by atoms with van der Waals surface area (Å²) in [6.45, 7) is 1.88. The zero-order valence-corrected chi connectivity index (χ0v) is 13.1. The molecule has 1 aromatic carbocycles. The van der Waals surface area contributed by atoms with Crippen LogP contribution in [0.3, 0.4) is 0 Å². The van der Waals surface area contributed by atoms with Crippen LogP contribution in [0.5, 0.6) is 0 Å². The highest BCUT2D eigenvalue weighted by atomic mass is 32.2. The van der Waals surface area contributed by atoms with Crippen molar-refractivity contribution in [1.29, 1.82) is 0 Å². The Morgan fingerprint density at radius 1 is 1.27 bits per heavy atom. The normalized spacial score (nSPS) is 21.7. The Balaban J connectivity index is 2.27. The molecule has 1 aliphatic rings.